The molecule has 3 aromatic heterocycles. The Bertz CT molecular complexity index is 1940. The van der Waals surface area contributed by atoms with E-state index in [0.29, 0.717) is 65.3 Å². The lowest BCUT2D eigenvalue weighted by molar-refractivity contribution is 0.0114. The number of nitrogen functional groups attached to an aromatic ring is 1. The Morgan fingerprint density at radius 1 is 1.02 bits per heavy atom. The first-order chi connectivity index (χ1) is 25.4. The Balaban J connectivity index is 1.12. The lowest BCUT2D eigenvalue weighted by Gasteiger charge is -2.41. The van der Waals surface area contributed by atoms with Crippen molar-refractivity contribution in [3.05, 3.63) is 76.1 Å². The fraction of sp³-hybridized carbons (Fsp3) is 0.513. The summed E-state index contributed by atoms with van der Waals surface area (Å²) in [6.07, 6.45) is 9.44. The maximum Gasteiger partial charge on any atom is 0.213 e. The van der Waals surface area contributed by atoms with Crippen LogP contribution in [0.3, 0.4) is 0 Å². The Hall–Kier alpha value is -4.46. The highest BCUT2D eigenvalue weighted by molar-refractivity contribution is 5.92. The normalized spacial score (nSPS) is 21.5. The molecule has 4 aliphatic heterocycles. The van der Waals surface area contributed by atoms with E-state index in [1.165, 1.54) is 6.07 Å². The van der Waals surface area contributed by atoms with Gasteiger partial charge in [0, 0.05) is 88.5 Å². The molecule has 8 rings (SSSR count). The average molecular weight is 713 g/mol. The van der Waals surface area contributed by atoms with Crippen molar-refractivity contribution in [3.8, 4) is 11.6 Å². The van der Waals surface area contributed by atoms with Gasteiger partial charge in [0.05, 0.1) is 49.2 Å². The van der Waals surface area contributed by atoms with E-state index in [2.05, 4.69) is 41.1 Å². The van der Waals surface area contributed by atoms with Gasteiger partial charge in [0.2, 0.25) is 5.88 Å². The number of aromatic nitrogens is 3. The van der Waals surface area contributed by atoms with Gasteiger partial charge in [-0.2, -0.15) is 0 Å². The average Bonchev–Trinajstić information content (AvgIpc) is 3.18. The van der Waals surface area contributed by atoms with Gasteiger partial charge in [-0.1, -0.05) is 0 Å². The minimum absolute atomic E-state index is 0.0270. The number of hydrogen-bond acceptors (Lipinski definition) is 11. The molecule has 0 amide bonds. The first-order valence-electron chi connectivity index (χ1n) is 18.7. The van der Waals surface area contributed by atoms with E-state index >= 15 is 4.39 Å². The zero-order chi connectivity index (χ0) is 35.8. The van der Waals surface area contributed by atoms with Crippen molar-refractivity contribution in [1.29, 1.82) is 0 Å². The minimum atomic E-state index is -0.400. The predicted octanol–water partition coefficient (Wildman–Crippen LogP) is 4.45. The summed E-state index contributed by atoms with van der Waals surface area (Å²) in [4.78, 5) is 32.5. The molecule has 0 saturated carbocycles. The van der Waals surface area contributed by atoms with Gasteiger partial charge in [-0.15, -0.1) is 0 Å². The third-order valence-electron chi connectivity index (χ3n) is 11.4. The zero-order valence-electron chi connectivity index (χ0n) is 30.2. The molecule has 0 aliphatic carbocycles. The number of anilines is 3. The molecule has 52 heavy (non-hydrogen) atoms. The van der Waals surface area contributed by atoms with Crippen LogP contribution >= 0.6 is 0 Å². The van der Waals surface area contributed by atoms with Crippen molar-refractivity contribution in [2.75, 3.05) is 81.7 Å². The number of piperidine rings is 2. The Kier molecular flexibility index (Phi) is 9.91. The first kappa shape index (κ1) is 34.6. The second-order valence-corrected chi connectivity index (χ2v) is 14.6. The predicted molar refractivity (Wildman–Crippen MR) is 200 cm³/mol. The quantitative estimate of drug-likeness (QED) is 0.266. The number of ether oxygens (including phenoxy) is 3. The molecular weight excluding hydrogens is 663 g/mol. The number of benzene rings is 1. The van der Waals surface area contributed by atoms with Crippen LogP contribution in [0.5, 0.6) is 11.6 Å². The second-order valence-electron chi connectivity index (χ2n) is 14.6. The number of pyridine rings is 3. The van der Waals surface area contributed by atoms with Gasteiger partial charge in [0.15, 0.2) is 17.0 Å². The van der Waals surface area contributed by atoms with Crippen molar-refractivity contribution in [2.24, 2.45) is 0 Å². The molecule has 3 saturated heterocycles. The topological polar surface area (TPSA) is 114 Å². The summed E-state index contributed by atoms with van der Waals surface area (Å²) in [5, 5.41) is 0.368. The number of halogens is 1. The van der Waals surface area contributed by atoms with Crippen LogP contribution < -0.4 is 30.4 Å². The Morgan fingerprint density at radius 2 is 1.85 bits per heavy atom. The van der Waals surface area contributed by atoms with Crippen molar-refractivity contribution >= 4 is 28.1 Å². The molecule has 7 heterocycles. The van der Waals surface area contributed by atoms with Gasteiger partial charge >= 0.3 is 0 Å². The molecule has 4 aromatic rings. The van der Waals surface area contributed by atoms with Gasteiger partial charge in [-0.05, 0) is 62.4 Å². The number of nitrogens with two attached hydrogens (primary N) is 1. The molecule has 12 nitrogen and oxygen atoms in total. The highest BCUT2D eigenvalue weighted by Crippen LogP contribution is 2.43. The van der Waals surface area contributed by atoms with E-state index in [-0.39, 0.29) is 17.5 Å². The molecule has 276 valence electrons. The van der Waals surface area contributed by atoms with Crippen LogP contribution in [0, 0.1) is 5.82 Å². The lowest BCUT2D eigenvalue weighted by atomic mass is 9.99. The molecule has 2 N–H and O–H groups in total. The van der Waals surface area contributed by atoms with Crippen LogP contribution in [0.2, 0.25) is 0 Å². The van der Waals surface area contributed by atoms with Gasteiger partial charge in [-0.25, -0.2) is 14.4 Å². The summed E-state index contributed by atoms with van der Waals surface area (Å²) in [6.45, 7) is 10.1. The third kappa shape index (κ3) is 6.89. The molecule has 0 spiro atoms. The SMILES string of the molecule is COc1cc(CN(Cc2cn3c4c(c(N5CCC(N6CCOCC6)CC5)c(F)cc4c2=O)OCC3C)[C@H]2CCCN(c3ccc(N)nc3)C2)ccn1. The number of methoxy groups -OCH3 is 1. The van der Waals surface area contributed by atoms with Crippen LogP contribution in [0.4, 0.5) is 21.6 Å². The summed E-state index contributed by atoms with van der Waals surface area (Å²) in [5.41, 5.74) is 9.60. The standard InChI is InChI=1S/C39H49FN8O4/c1-26-25-52-39-36-32(19-33(40)37(39)45-12-8-29(9-13-45)44-14-16-51-17-15-44)38(49)28(23-48(26)36)22-47(21-27-7-10-42-35(18-27)50-2)31-4-3-11-46(24-31)30-5-6-34(41)43-20-30/h5-7,10,18-20,23,26,29,31H,3-4,8-9,11-17,21-22,24-25H2,1-2H3,(H2,41,43)/t26?,31-/m0/s1. The van der Waals surface area contributed by atoms with Crippen LogP contribution in [0.1, 0.15) is 49.8 Å². The molecule has 0 radical (unpaired) electrons. The highest BCUT2D eigenvalue weighted by Gasteiger charge is 2.34. The van der Waals surface area contributed by atoms with Gasteiger partial charge in [0.1, 0.15) is 18.1 Å². The number of morpholine rings is 1. The number of rotatable bonds is 9. The van der Waals surface area contributed by atoms with Gasteiger partial charge < -0.3 is 34.3 Å². The summed E-state index contributed by atoms with van der Waals surface area (Å²) < 4.78 is 35.9. The van der Waals surface area contributed by atoms with Crippen LogP contribution in [0.15, 0.2) is 53.7 Å². The minimum Gasteiger partial charge on any atom is -0.487 e. The molecule has 4 aliphatic rings. The Labute approximate surface area is 303 Å². The van der Waals surface area contributed by atoms with Crippen molar-refractivity contribution in [2.45, 2.75) is 63.8 Å². The number of nitrogens with zero attached hydrogens (tertiary/aromatic N) is 7. The summed E-state index contributed by atoms with van der Waals surface area (Å²) >= 11 is 0. The van der Waals surface area contributed by atoms with Crippen LogP contribution in [0.25, 0.3) is 10.9 Å². The molecule has 0 bridgehead atoms. The van der Waals surface area contributed by atoms with E-state index in [4.69, 9.17) is 19.9 Å². The number of hydrogen-bond donors (Lipinski definition) is 1. The molecule has 1 aromatic carbocycles. The second kappa shape index (κ2) is 14.9. The molecule has 3 fully saturated rings. The summed E-state index contributed by atoms with van der Waals surface area (Å²) in [5.74, 6) is 1.13. The van der Waals surface area contributed by atoms with Crippen molar-refractivity contribution in [1.82, 2.24) is 24.3 Å². The summed E-state index contributed by atoms with van der Waals surface area (Å²) in [7, 11) is 1.61. The fourth-order valence-electron chi connectivity index (χ4n) is 8.57. The maximum atomic E-state index is 16.4. The lowest BCUT2D eigenvalue weighted by Crippen LogP contribution is -2.49. The van der Waals surface area contributed by atoms with E-state index in [1.807, 2.05) is 36.7 Å². The van der Waals surface area contributed by atoms with E-state index < -0.39 is 5.82 Å². The monoisotopic (exact) mass is 712 g/mol. The van der Waals surface area contributed by atoms with E-state index in [0.717, 1.165) is 89.4 Å². The molecule has 13 heteroatoms. The van der Waals surface area contributed by atoms with Gasteiger partial charge in [-0.3, -0.25) is 14.6 Å². The van der Waals surface area contributed by atoms with Gasteiger partial charge in [0.25, 0.3) is 0 Å². The van der Waals surface area contributed by atoms with Crippen molar-refractivity contribution in [3.63, 3.8) is 0 Å². The highest BCUT2D eigenvalue weighted by atomic mass is 19.1. The summed E-state index contributed by atoms with van der Waals surface area (Å²) in [6, 6.07) is 9.82. The molecular formula is C39H49FN8O4. The molecule has 2 atom stereocenters. The van der Waals surface area contributed by atoms with E-state index in [9.17, 15) is 4.79 Å². The smallest absolute Gasteiger partial charge is 0.213 e. The zero-order valence-corrected chi connectivity index (χ0v) is 30.2. The Morgan fingerprint density at radius 3 is 2.62 bits per heavy atom. The van der Waals surface area contributed by atoms with Crippen molar-refractivity contribution < 1.29 is 18.6 Å². The fourth-order valence-corrected chi connectivity index (χ4v) is 8.57. The first-order valence-corrected chi connectivity index (χ1v) is 18.7. The van der Waals surface area contributed by atoms with E-state index in [1.54, 1.807) is 13.3 Å². The largest absolute Gasteiger partial charge is 0.487 e. The maximum absolute atomic E-state index is 16.4. The van der Waals surface area contributed by atoms with Crippen LogP contribution in [-0.2, 0) is 17.8 Å². The van der Waals surface area contributed by atoms with Crippen LogP contribution in [-0.4, -0.2) is 103 Å². The third-order valence-corrected chi connectivity index (χ3v) is 11.4. The molecule has 1 unspecified atom stereocenters.